The largest absolute Gasteiger partial charge is 0.507 e. The number of hydrogen-bond donors (Lipinski definition) is 2. The molecular formula is C15H13ClN2O5. The van der Waals surface area contributed by atoms with Crippen LogP contribution in [0.4, 0.5) is 0 Å². The number of carbonyl (C=O) groups excluding carboxylic acids is 3. The van der Waals surface area contributed by atoms with E-state index in [4.69, 9.17) is 16.3 Å². The quantitative estimate of drug-likeness (QED) is 0.824. The SMILES string of the molecule is Cn1cccc1C(=O)NC(=O)COC(=O)c1cc(Cl)ccc1O. The lowest BCUT2D eigenvalue weighted by Gasteiger charge is -2.07. The summed E-state index contributed by atoms with van der Waals surface area (Å²) in [6.07, 6.45) is 1.65. The first-order valence-corrected chi connectivity index (χ1v) is 6.87. The summed E-state index contributed by atoms with van der Waals surface area (Å²) in [5.74, 6) is -2.64. The topological polar surface area (TPSA) is 97.6 Å². The fourth-order valence-corrected chi connectivity index (χ4v) is 1.98. The number of benzene rings is 1. The first kappa shape index (κ1) is 16.6. The van der Waals surface area contributed by atoms with E-state index in [1.807, 2.05) is 0 Å². The van der Waals surface area contributed by atoms with E-state index in [0.29, 0.717) is 0 Å². The summed E-state index contributed by atoms with van der Waals surface area (Å²) >= 11 is 5.72. The highest BCUT2D eigenvalue weighted by molar-refractivity contribution is 6.31. The summed E-state index contributed by atoms with van der Waals surface area (Å²) in [5, 5.41) is 11.9. The molecule has 2 rings (SSSR count). The fraction of sp³-hybridized carbons (Fsp3) is 0.133. The maximum absolute atomic E-state index is 11.8. The third-order valence-corrected chi connectivity index (χ3v) is 3.18. The predicted molar refractivity (Wildman–Crippen MR) is 81.3 cm³/mol. The lowest BCUT2D eigenvalue weighted by molar-refractivity contribution is -0.123. The third kappa shape index (κ3) is 4.10. The molecule has 2 amide bonds. The Kier molecular flexibility index (Phi) is 5.02. The Bertz CT molecular complexity index is 769. The van der Waals surface area contributed by atoms with Gasteiger partial charge in [-0.25, -0.2) is 4.79 Å². The molecule has 120 valence electrons. The second-order valence-corrected chi connectivity index (χ2v) is 5.06. The first-order valence-electron chi connectivity index (χ1n) is 6.49. The summed E-state index contributed by atoms with van der Waals surface area (Å²) in [6, 6.07) is 7.04. The molecule has 0 bridgehead atoms. The molecule has 1 aromatic heterocycles. The monoisotopic (exact) mass is 336 g/mol. The number of rotatable bonds is 4. The highest BCUT2D eigenvalue weighted by Crippen LogP contribution is 2.22. The van der Waals surface area contributed by atoms with Crippen LogP contribution >= 0.6 is 11.6 Å². The van der Waals surface area contributed by atoms with Crippen LogP contribution in [0.1, 0.15) is 20.8 Å². The van der Waals surface area contributed by atoms with Gasteiger partial charge in [-0.2, -0.15) is 0 Å². The van der Waals surface area contributed by atoms with Crippen molar-refractivity contribution in [3.8, 4) is 5.75 Å². The zero-order valence-electron chi connectivity index (χ0n) is 12.1. The number of phenols is 1. The second kappa shape index (κ2) is 6.97. The molecule has 0 atom stereocenters. The van der Waals surface area contributed by atoms with Crippen molar-refractivity contribution in [2.45, 2.75) is 0 Å². The zero-order valence-corrected chi connectivity index (χ0v) is 12.8. The molecule has 0 saturated heterocycles. The van der Waals surface area contributed by atoms with E-state index in [-0.39, 0.29) is 22.0 Å². The standard InChI is InChI=1S/C15H13ClN2O5/c1-18-6-2-3-11(18)14(21)17-13(20)8-23-15(22)10-7-9(16)4-5-12(10)19/h2-7,19H,8H2,1H3,(H,17,20,21). The molecule has 2 aromatic rings. The van der Waals surface area contributed by atoms with E-state index >= 15 is 0 Å². The van der Waals surface area contributed by atoms with Crippen LogP contribution in [0.5, 0.6) is 5.75 Å². The van der Waals surface area contributed by atoms with Crippen molar-refractivity contribution in [2.24, 2.45) is 7.05 Å². The number of hydrogen-bond acceptors (Lipinski definition) is 5. The maximum Gasteiger partial charge on any atom is 0.342 e. The Balaban J connectivity index is 1.91. The van der Waals surface area contributed by atoms with E-state index in [0.717, 1.165) is 0 Å². The second-order valence-electron chi connectivity index (χ2n) is 4.62. The molecular weight excluding hydrogens is 324 g/mol. The number of aromatic hydroxyl groups is 1. The minimum absolute atomic E-state index is 0.168. The van der Waals surface area contributed by atoms with Crippen LogP contribution in [-0.4, -0.2) is 34.1 Å². The van der Waals surface area contributed by atoms with Gasteiger partial charge in [-0.15, -0.1) is 0 Å². The normalized spacial score (nSPS) is 10.2. The van der Waals surface area contributed by atoms with Crippen LogP contribution in [0.3, 0.4) is 0 Å². The molecule has 0 spiro atoms. The number of aromatic nitrogens is 1. The minimum atomic E-state index is -0.925. The number of ether oxygens (including phenoxy) is 1. The van der Waals surface area contributed by atoms with Gasteiger partial charge in [-0.3, -0.25) is 14.9 Å². The molecule has 7 nitrogen and oxygen atoms in total. The molecule has 23 heavy (non-hydrogen) atoms. The molecule has 0 aliphatic heterocycles. The van der Waals surface area contributed by atoms with Gasteiger partial charge in [0.15, 0.2) is 6.61 Å². The van der Waals surface area contributed by atoms with Crippen molar-refractivity contribution >= 4 is 29.4 Å². The number of esters is 1. The Morgan fingerprint density at radius 2 is 2.04 bits per heavy atom. The van der Waals surface area contributed by atoms with Crippen LogP contribution in [0.25, 0.3) is 0 Å². The van der Waals surface area contributed by atoms with Crippen LogP contribution in [-0.2, 0) is 16.6 Å². The third-order valence-electron chi connectivity index (χ3n) is 2.94. The summed E-state index contributed by atoms with van der Waals surface area (Å²) in [5.41, 5.74) is 0.122. The summed E-state index contributed by atoms with van der Waals surface area (Å²) in [7, 11) is 1.65. The molecule has 0 saturated carbocycles. The predicted octanol–water partition coefficient (Wildman–Crippen LogP) is 1.50. The van der Waals surface area contributed by atoms with Gasteiger partial charge in [0.2, 0.25) is 0 Å². The molecule has 1 aromatic carbocycles. The number of nitrogens with zero attached hydrogens (tertiary/aromatic N) is 1. The van der Waals surface area contributed by atoms with Gasteiger partial charge in [-0.1, -0.05) is 11.6 Å². The molecule has 0 unspecified atom stereocenters. The van der Waals surface area contributed by atoms with Gasteiger partial charge in [-0.05, 0) is 30.3 Å². The number of phenolic OH excluding ortho intramolecular Hbond substituents is 1. The van der Waals surface area contributed by atoms with Crippen LogP contribution in [0, 0.1) is 0 Å². The van der Waals surface area contributed by atoms with Gasteiger partial charge in [0.1, 0.15) is 17.0 Å². The number of halogens is 1. The minimum Gasteiger partial charge on any atom is -0.507 e. The van der Waals surface area contributed by atoms with Gasteiger partial charge >= 0.3 is 5.97 Å². The van der Waals surface area contributed by atoms with Crippen LogP contribution in [0.15, 0.2) is 36.5 Å². The average Bonchev–Trinajstić information content (AvgIpc) is 2.93. The average molecular weight is 337 g/mol. The highest BCUT2D eigenvalue weighted by Gasteiger charge is 2.17. The van der Waals surface area contributed by atoms with Gasteiger partial charge in [0.25, 0.3) is 11.8 Å². The molecule has 0 aliphatic carbocycles. The summed E-state index contributed by atoms with van der Waals surface area (Å²) in [4.78, 5) is 35.2. The van der Waals surface area contributed by atoms with Crippen molar-refractivity contribution < 1.29 is 24.2 Å². The Labute approximate surface area is 136 Å². The van der Waals surface area contributed by atoms with E-state index < -0.39 is 24.4 Å². The molecule has 0 radical (unpaired) electrons. The van der Waals surface area contributed by atoms with Gasteiger partial charge in [0, 0.05) is 18.3 Å². The van der Waals surface area contributed by atoms with Gasteiger partial charge < -0.3 is 14.4 Å². The number of nitrogens with one attached hydrogen (secondary N) is 1. The van der Waals surface area contributed by atoms with E-state index in [1.54, 1.807) is 29.9 Å². The van der Waals surface area contributed by atoms with Crippen LogP contribution < -0.4 is 5.32 Å². The smallest absolute Gasteiger partial charge is 0.342 e. The van der Waals surface area contributed by atoms with E-state index in [9.17, 15) is 19.5 Å². The number of carbonyl (C=O) groups is 3. The van der Waals surface area contributed by atoms with Crippen molar-refractivity contribution in [3.63, 3.8) is 0 Å². The zero-order chi connectivity index (χ0) is 17.0. The highest BCUT2D eigenvalue weighted by atomic mass is 35.5. The van der Waals surface area contributed by atoms with Crippen molar-refractivity contribution in [1.82, 2.24) is 9.88 Å². The molecule has 0 aliphatic rings. The first-order chi connectivity index (χ1) is 10.9. The van der Waals surface area contributed by atoms with Crippen molar-refractivity contribution in [2.75, 3.05) is 6.61 Å². The summed E-state index contributed by atoms with van der Waals surface area (Å²) < 4.78 is 6.29. The molecule has 2 N–H and O–H groups in total. The maximum atomic E-state index is 11.8. The molecule has 1 heterocycles. The van der Waals surface area contributed by atoms with Crippen molar-refractivity contribution in [1.29, 1.82) is 0 Å². The molecule has 8 heteroatoms. The summed E-state index contributed by atoms with van der Waals surface area (Å²) in [6.45, 7) is -0.666. The number of amides is 2. The molecule has 0 fully saturated rings. The van der Waals surface area contributed by atoms with E-state index in [1.165, 1.54) is 18.2 Å². The van der Waals surface area contributed by atoms with Crippen molar-refractivity contribution in [3.05, 3.63) is 52.8 Å². The number of aryl methyl sites for hydroxylation is 1. The lowest BCUT2D eigenvalue weighted by Crippen LogP contribution is -2.35. The Hall–Kier alpha value is -2.80. The number of imide groups is 1. The Morgan fingerprint density at radius 3 is 2.70 bits per heavy atom. The lowest BCUT2D eigenvalue weighted by atomic mass is 10.2. The fourth-order valence-electron chi connectivity index (χ4n) is 1.80. The van der Waals surface area contributed by atoms with Crippen LogP contribution in [0.2, 0.25) is 5.02 Å². The van der Waals surface area contributed by atoms with E-state index in [2.05, 4.69) is 5.32 Å². The van der Waals surface area contributed by atoms with Gasteiger partial charge in [0.05, 0.1) is 0 Å². The Morgan fingerprint density at radius 1 is 1.30 bits per heavy atom.